The number of nitrogens with zero attached hydrogens (tertiary/aromatic N) is 5. The van der Waals surface area contributed by atoms with Crippen LogP contribution < -0.4 is 0 Å². The fraction of sp³-hybridized carbons (Fsp3) is 0.429. The van der Waals surface area contributed by atoms with Gasteiger partial charge in [-0.25, -0.2) is 0 Å². The lowest BCUT2D eigenvalue weighted by Crippen LogP contribution is -2.14. The fourth-order valence-corrected chi connectivity index (χ4v) is 3.85. The van der Waals surface area contributed by atoms with E-state index in [4.69, 9.17) is 0 Å². The van der Waals surface area contributed by atoms with Gasteiger partial charge in [0, 0.05) is 35.7 Å². The highest BCUT2D eigenvalue weighted by Crippen LogP contribution is 2.22. The molecule has 0 radical (unpaired) electrons. The molecule has 2 aromatic rings. The molecule has 0 atom stereocenters. The molecule has 0 saturated heterocycles. The van der Waals surface area contributed by atoms with Gasteiger partial charge in [0.1, 0.15) is 5.69 Å². The van der Waals surface area contributed by atoms with Crippen molar-refractivity contribution < 1.29 is 4.92 Å². The van der Waals surface area contributed by atoms with E-state index >= 15 is 0 Å². The van der Waals surface area contributed by atoms with Gasteiger partial charge in [0.05, 0.1) is 17.7 Å². The number of benzene rings is 1. The maximum absolute atomic E-state index is 10.6. The van der Waals surface area contributed by atoms with Gasteiger partial charge in [-0.3, -0.25) is 14.8 Å². The molecule has 2 rings (SSSR count). The number of aryl methyl sites for hydroxylation is 1. The van der Waals surface area contributed by atoms with Crippen molar-refractivity contribution in [2.24, 2.45) is 0 Å². The number of nitro benzene ring substituents is 1. The monoisotopic (exact) mass is 353 g/mol. The number of hydrogen-bond donors (Lipinski definition) is 0. The third-order valence-electron chi connectivity index (χ3n) is 3.02. The Kier molecular flexibility index (Phi) is 6.87. The van der Waals surface area contributed by atoms with Gasteiger partial charge in [-0.05, 0) is 26.2 Å². The second-order valence-electron chi connectivity index (χ2n) is 5.12. The second-order valence-corrected chi connectivity index (χ2v) is 7.82. The summed E-state index contributed by atoms with van der Waals surface area (Å²) < 4.78 is 1.80. The van der Waals surface area contributed by atoms with Crippen molar-refractivity contribution in [2.45, 2.75) is 6.54 Å². The van der Waals surface area contributed by atoms with Gasteiger partial charge >= 0.3 is 0 Å². The van der Waals surface area contributed by atoms with Gasteiger partial charge in [-0.1, -0.05) is 26.8 Å². The summed E-state index contributed by atoms with van der Waals surface area (Å²) in [5.41, 5.74) is 1.63. The van der Waals surface area contributed by atoms with Crippen molar-refractivity contribution in [1.29, 1.82) is 0 Å². The Labute approximate surface area is 143 Å². The van der Waals surface area contributed by atoms with Crippen LogP contribution in [0.4, 0.5) is 5.69 Å². The Morgan fingerprint density at radius 1 is 1.22 bits per heavy atom. The molecule has 7 nitrogen and oxygen atoms in total. The molecule has 0 N–H and O–H groups in total. The molecule has 0 spiro atoms. The van der Waals surface area contributed by atoms with E-state index in [2.05, 4.69) is 29.3 Å². The molecule has 0 aliphatic heterocycles. The van der Waals surface area contributed by atoms with E-state index < -0.39 is 4.92 Å². The largest absolute Gasteiger partial charge is 0.309 e. The average molecular weight is 353 g/mol. The maximum atomic E-state index is 10.6. The van der Waals surface area contributed by atoms with E-state index in [9.17, 15) is 10.1 Å². The molecule has 0 saturated carbocycles. The predicted molar refractivity (Wildman–Crippen MR) is 95.6 cm³/mol. The van der Waals surface area contributed by atoms with Crippen molar-refractivity contribution in [3.8, 4) is 11.3 Å². The first kappa shape index (κ1) is 17.8. The molecule has 0 aliphatic carbocycles. The molecule has 1 aromatic carbocycles. The zero-order chi connectivity index (χ0) is 16.7. The Morgan fingerprint density at radius 3 is 2.57 bits per heavy atom. The lowest BCUT2D eigenvalue weighted by atomic mass is 10.1. The first-order valence-corrected chi connectivity index (χ1v) is 9.59. The van der Waals surface area contributed by atoms with Crippen LogP contribution in [0.15, 0.2) is 30.5 Å². The maximum Gasteiger partial charge on any atom is 0.269 e. The number of aromatic nitrogens is 3. The third kappa shape index (κ3) is 5.85. The summed E-state index contributed by atoms with van der Waals surface area (Å²) in [4.78, 5) is 12.4. The fourth-order valence-electron chi connectivity index (χ4n) is 1.76. The molecule has 1 heterocycles. The number of hydrogen-bond acceptors (Lipinski definition) is 7. The van der Waals surface area contributed by atoms with Crippen LogP contribution in [0.25, 0.3) is 11.3 Å². The third-order valence-corrected chi connectivity index (χ3v) is 5.39. The lowest BCUT2D eigenvalue weighted by Gasteiger charge is -2.07. The molecule has 0 amide bonds. The summed E-state index contributed by atoms with van der Waals surface area (Å²) in [6.45, 7) is 1.87. The van der Waals surface area contributed by atoms with Crippen LogP contribution in [0, 0.1) is 10.1 Å². The van der Waals surface area contributed by atoms with Crippen LogP contribution in [0.2, 0.25) is 0 Å². The first-order chi connectivity index (χ1) is 11.1. The topological polar surface area (TPSA) is 77.1 Å². The van der Waals surface area contributed by atoms with Crippen LogP contribution in [0.3, 0.4) is 0 Å². The van der Waals surface area contributed by atoms with Crippen LogP contribution in [0.5, 0.6) is 0 Å². The van der Waals surface area contributed by atoms with Gasteiger partial charge < -0.3 is 4.90 Å². The summed E-state index contributed by atoms with van der Waals surface area (Å²) in [6, 6.07) is 6.34. The van der Waals surface area contributed by atoms with E-state index in [1.165, 1.54) is 12.1 Å². The molecule has 0 fully saturated rings. The highest BCUT2D eigenvalue weighted by molar-refractivity contribution is 8.76. The van der Waals surface area contributed by atoms with Crippen LogP contribution in [0.1, 0.15) is 0 Å². The van der Waals surface area contributed by atoms with E-state index in [1.54, 1.807) is 16.8 Å². The molecule has 0 aliphatic rings. The number of non-ortho nitro benzene ring substituents is 1. The normalized spacial score (nSPS) is 11.1. The highest BCUT2D eigenvalue weighted by Gasteiger charge is 2.08. The van der Waals surface area contributed by atoms with Gasteiger partial charge in [-0.2, -0.15) is 0 Å². The molecule has 1 aromatic heterocycles. The van der Waals surface area contributed by atoms with E-state index in [0.29, 0.717) is 0 Å². The molecule has 0 unspecified atom stereocenters. The molecule has 9 heteroatoms. The van der Waals surface area contributed by atoms with Crippen LogP contribution >= 0.6 is 21.6 Å². The zero-order valence-corrected chi connectivity index (χ0v) is 14.7. The van der Waals surface area contributed by atoms with E-state index in [1.807, 2.05) is 27.8 Å². The molecule has 23 heavy (non-hydrogen) atoms. The SMILES string of the molecule is CN(C)CCSSCCn1cc(-c2ccc([N+](=O)[O-])cc2)nn1. The summed E-state index contributed by atoms with van der Waals surface area (Å²) in [5, 5.41) is 18.9. The zero-order valence-electron chi connectivity index (χ0n) is 13.1. The molecular weight excluding hydrogens is 334 g/mol. The minimum absolute atomic E-state index is 0.0762. The van der Waals surface area contributed by atoms with Crippen molar-refractivity contribution in [1.82, 2.24) is 19.9 Å². The van der Waals surface area contributed by atoms with Gasteiger partial charge in [0.15, 0.2) is 0 Å². The van der Waals surface area contributed by atoms with E-state index in [0.717, 1.165) is 35.9 Å². The highest BCUT2D eigenvalue weighted by atomic mass is 33.1. The minimum Gasteiger partial charge on any atom is -0.309 e. The van der Waals surface area contributed by atoms with Crippen molar-refractivity contribution >= 4 is 27.3 Å². The standard InChI is InChI=1S/C14H19N5O2S2/c1-17(2)7-9-22-23-10-8-18-11-14(15-16-18)12-3-5-13(6-4-12)19(20)21/h3-6,11H,7-10H2,1-2H3. The summed E-state index contributed by atoms with van der Waals surface area (Å²) in [7, 11) is 7.82. The number of rotatable bonds is 9. The minimum atomic E-state index is -0.411. The van der Waals surface area contributed by atoms with Crippen molar-refractivity contribution in [2.75, 3.05) is 32.1 Å². The number of nitro groups is 1. The van der Waals surface area contributed by atoms with Gasteiger partial charge in [-0.15, -0.1) is 5.10 Å². The van der Waals surface area contributed by atoms with Gasteiger partial charge in [0.25, 0.3) is 5.69 Å². The van der Waals surface area contributed by atoms with Crippen LogP contribution in [-0.2, 0) is 6.54 Å². The Hall–Kier alpha value is -1.58. The predicted octanol–water partition coefficient (Wildman–Crippen LogP) is 2.80. The lowest BCUT2D eigenvalue weighted by molar-refractivity contribution is -0.384. The Morgan fingerprint density at radius 2 is 1.91 bits per heavy atom. The first-order valence-electron chi connectivity index (χ1n) is 7.10. The smallest absolute Gasteiger partial charge is 0.269 e. The van der Waals surface area contributed by atoms with Gasteiger partial charge in [0.2, 0.25) is 0 Å². The summed E-state index contributed by atoms with van der Waals surface area (Å²) in [6.07, 6.45) is 1.87. The molecule has 124 valence electrons. The van der Waals surface area contributed by atoms with Crippen molar-refractivity contribution in [3.05, 3.63) is 40.6 Å². The van der Waals surface area contributed by atoms with Crippen molar-refractivity contribution in [3.63, 3.8) is 0 Å². The average Bonchev–Trinajstić information content (AvgIpc) is 2.99. The quantitative estimate of drug-likeness (QED) is 0.297. The summed E-state index contributed by atoms with van der Waals surface area (Å²) in [5.74, 6) is 2.06. The second kappa shape index (κ2) is 8.90. The molecule has 0 bridgehead atoms. The summed E-state index contributed by atoms with van der Waals surface area (Å²) >= 11 is 0. The van der Waals surface area contributed by atoms with Crippen LogP contribution in [-0.4, -0.2) is 57.0 Å². The van der Waals surface area contributed by atoms with E-state index in [-0.39, 0.29) is 5.69 Å². The molecular formula is C14H19N5O2S2. The Balaban J connectivity index is 1.80. The Bertz CT molecular complexity index is 630.